The number of rotatable bonds is 2. The second-order valence-corrected chi connectivity index (χ2v) is 6.74. The van der Waals surface area contributed by atoms with Crippen molar-refractivity contribution in [1.29, 1.82) is 0 Å². The number of hydrogen-bond donors (Lipinski definition) is 0. The normalized spacial score (nSPS) is 10.8. The summed E-state index contributed by atoms with van der Waals surface area (Å²) in [7, 11) is 0. The van der Waals surface area contributed by atoms with Gasteiger partial charge in [-0.3, -0.25) is 4.98 Å². The van der Waals surface area contributed by atoms with Crippen LogP contribution in [0.1, 0.15) is 10.4 Å². The van der Waals surface area contributed by atoms with Crippen LogP contribution >= 0.6 is 27.3 Å². The molecule has 0 aliphatic rings. The van der Waals surface area contributed by atoms with Gasteiger partial charge in [0, 0.05) is 32.9 Å². The van der Waals surface area contributed by atoms with Crippen LogP contribution in [-0.2, 0) is 0 Å². The molecule has 0 N–H and O–H groups in total. The number of aryl methyl sites for hydroxylation is 2. The molecule has 0 fully saturated rings. The number of halogens is 1. The summed E-state index contributed by atoms with van der Waals surface area (Å²) in [6.45, 7) is 4.21. The van der Waals surface area contributed by atoms with Crippen molar-refractivity contribution < 1.29 is 0 Å². The highest BCUT2D eigenvalue weighted by Gasteiger charge is 2.12. The summed E-state index contributed by atoms with van der Waals surface area (Å²) in [5, 5.41) is 1.03. The Kier molecular flexibility index (Phi) is 3.68. The van der Waals surface area contributed by atoms with Crippen molar-refractivity contribution in [1.82, 2.24) is 9.97 Å². The molecule has 1 aromatic carbocycles. The van der Waals surface area contributed by atoms with E-state index in [0.717, 1.165) is 26.3 Å². The molecule has 100 valence electrons. The summed E-state index contributed by atoms with van der Waals surface area (Å²) in [4.78, 5) is 10.2. The lowest BCUT2D eigenvalue weighted by Gasteiger charge is -2.00. The lowest BCUT2D eigenvalue weighted by molar-refractivity contribution is 1.27. The Morgan fingerprint density at radius 1 is 1.05 bits per heavy atom. The van der Waals surface area contributed by atoms with E-state index in [-0.39, 0.29) is 0 Å². The maximum atomic E-state index is 4.80. The summed E-state index contributed by atoms with van der Waals surface area (Å²) >= 11 is 5.18. The fourth-order valence-electron chi connectivity index (χ4n) is 2.08. The number of nitrogens with zero attached hydrogens (tertiary/aromatic N) is 2. The molecule has 20 heavy (non-hydrogen) atoms. The monoisotopic (exact) mass is 344 g/mol. The standard InChI is InChI=1S/C16H13BrN2S/c1-10-7-8-18-9-14(10)16-19-15(11(2)20-16)12-3-5-13(17)6-4-12/h3-9H,1-2H3. The third-order valence-corrected chi connectivity index (χ3v) is 4.72. The average molecular weight is 345 g/mol. The van der Waals surface area contributed by atoms with Gasteiger partial charge in [-0.25, -0.2) is 4.98 Å². The number of aromatic nitrogens is 2. The smallest absolute Gasteiger partial charge is 0.126 e. The average Bonchev–Trinajstić information content (AvgIpc) is 2.82. The second kappa shape index (κ2) is 5.46. The summed E-state index contributed by atoms with van der Waals surface area (Å²) in [5.74, 6) is 0. The third kappa shape index (κ3) is 2.53. The molecular formula is C16H13BrN2S. The predicted molar refractivity (Wildman–Crippen MR) is 88.0 cm³/mol. The van der Waals surface area contributed by atoms with Crippen molar-refractivity contribution in [3.05, 3.63) is 57.6 Å². The fourth-order valence-corrected chi connectivity index (χ4v) is 3.35. The molecule has 2 heterocycles. The molecule has 0 bridgehead atoms. The SMILES string of the molecule is Cc1ccncc1-c1nc(-c2ccc(Br)cc2)c(C)s1. The van der Waals surface area contributed by atoms with Crippen LogP contribution in [0, 0.1) is 13.8 Å². The van der Waals surface area contributed by atoms with Gasteiger partial charge >= 0.3 is 0 Å². The minimum atomic E-state index is 1.03. The quantitative estimate of drug-likeness (QED) is 0.634. The first-order chi connectivity index (χ1) is 9.65. The van der Waals surface area contributed by atoms with E-state index < -0.39 is 0 Å². The largest absolute Gasteiger partial charge is 0.264 e. The first-order valence-corrected chi connectivity index (χ1v) is 7.90. The van der Waals surface area contributed by atoms with E-state index >= 15 is 0 Å². The van der Waals surface area contributed by atoms with Crippen molar-refractivity contribution >= 4 is 27.3 Å². The topological polar surface area (TPSA) is 25.8 Å². The zero-order valence-electron chi connectivity index (χ0n) is 11.2. The van der Waals surface area contributed by atoms with Crippen LogP contribution < -0.4 is 0 Å². The molecule has 0 aliphatic heterocycles. The Balaban J connectivity index is 2.08. The van der Waals surface area contributed by atoms with Gasteiger partial charge in [-0.05, 0) is 37.6 Å². The van der Waals surface area contributed by atoms with E-state index in [1.807, 2.05) is 30.6 Å². The third-order valence-electron chi connectivity index (χ3n) is 3.18. The van der Waals surface area contributed by atoms with Crippen LogP contribution in [0.3, 0.4) is 0 Å². The van der Waals surface area contributed by atoms with E-state index in [1.165, 1.54) is 10.4 Å². The summed E-state index contributed by atoms with van der Waals surface area (Å²) in [6.07, 6.45) is 3.70. The maximum Gasteiger partial charge on any atom is 0.126 e. The molecule has 3 rings (SSSR count). The number of thiazole rings is 1. The minimum absolute atomic E-state index is 1.03. The number of benzene rings is 1. The van der Waals surface area contributed by atoms with Crippen molar-refractivity contribution in [3.8, 4) is 21.8 Å². The molecule has 0 spiro atoms. The predicted octanol–water partition coefficient (Wildman–Crippen LogP) is 5.25. The van der Waals surface area contributed by atoms with Gasteiger partial charge in [0.2, 0.25) is 0 Å². The molecule has 0 amide bonds. The highest BCUT2D eigenvalue weighted by Crippen LogP contribution is 2.34. The Labute approximate surface area is 130 Å². The molecule has 2 aromatic heterocycles. The van der Waals surface area contributed by atoms with Gasteiger partial charge in [-0.15, -0.1) is 11.3 Å². The van der Waals surface area contributed by atoms with Crippen molar-refractivity contribution in [3.63, 3.8) is 0 Å². The summed E-state index contributed by atoms with van der Waals surface area (Å²) in [5.41, 5.74) is 4.52. The van der Waals surface area contributed by atoms with Gasteiger partial charge in [0.05, 0.1) is 5.69 Å². The Morgan fingerprint density at radius 2 is 1.80 bits per heavy atom. The van der Waals surface area contributed by atoms with Crippen LogP contribution in [0.2, 0.25) is 0 Å². The van der Waals surface area contributed by atoms with Gasteiger partial charge in [0.1, 0.15) is 5.01 Å². The zero-order valence-corrected chi connectivity index (χ0v) is 13.6. The minimum Gasteiger partial charge on any atom is -0.264 e. The van der Waals surface area contributed by atoms with E-state index in [1.54, 1.807) is 11.3 Å². The molecule has 0 radical (unpaired) electrons. The van der Waals surface area contributed by atoms with Crippen LogP contribution in [0.4, 0.5) is 0 Å². The number of pyridine rings is 1. The van der Waals surface area contributed by atoms with Gasteiger partial charge in [-0.2, -0.15) is 0 Å². The fraction of sp³-hybridized carbons (Fsp3) is 0.125. The van der Waals surface area contributed by atoms with Crippen LogP contribution in [0.25, 0.3) is 21.8 Å². The van der Waals surface area contributed by atoms with E-state index in [2.05, 4.69) is 46.9 Å². The van der Waals surface area contributed by atoms with E-state index in [4.69, 9.17) is 4.98 Å². The lowest BCUT2D eigenvalue weighted by atomic mass is 10.1. The highest BCUT2D eigenvalue weighted by molar-refractivity contribution is 9.10. The van der Waals surface area contributed by atoms with Crippen LogP contribution in [0.5, 0.6) is 0 Å². The van der Waals surface area contributed by atoms with Crippen molar-refractivity contribution in [2.24, 2.45) is 0 Å². The molecule has 0 saturated heterocycles. The first kappa shape index (κ1) is 13.5. The van der Waals surface area contributed by atoms with E-state index in [0.29, 0.717) is 0 Å². The summed E-state index contributed by atoms with van der Waals surface area (Å²) < 4.78 is 1.08. The zero-order chi connectivity index (χ0) is 14.1. The molecular weight excluding hydrogens is 332 g/mol. The van der Waals surface area contributed by atoms with Crippen molar-refractivity contribution in [2.75, 3.05) is 0 Å². The summed E-state index contributed by atoms with van der Waals surface area (Å²) in [6, 6.07) is 10.3. The molecule has 0 atom stereocenters. The molecule has 2 nitrogen and oxygen atoms in total. The molecule has 0 saturated carbocycles. The van der Waals surface area contributed by atoms with E-state index in [9.17, 15) is 0 Å². The van der Waals surface area contributed by atoms with Gasteiger partial charge in [0.15, 0.2) is 0 Å². The van der Waals surface area contributed by atoms with Gasteiger partial charge in [-0.1, -0.05) is 28.1 Å². The number of hydrogen-bond acceptors (Lipinski definition) is 3. The van der Waals surface area contributed by atoms with Gasteiger partial charge in [0.25, 0.3) is 0 Å². The molecule has 3 aromatic rings. The second-order valence-electron chi connectivity index (χ2n) is 4.62. The lowest BCUT2D eigenvalue weighted by Crippen LogP contribution is -1.85. The maximum absolute atomic E-state index is 4.80. The Hall–Kier alpha value is -1.52. The van der Waals surface area contributed by atoms with Crippen LogP contribution in [-0.4, -0.2) is 9.97 Å². The Morgan fingerprint density at radius 3 is 2.50 bits per heavy atom. The highest BCUT2D eigenvalue weighted by atomic mass is 79.9. The molecule has 0 aliphatic carbocycles. The van der Waals surface area contributed by atoms with Crippen molar-refractivity contribution in [2.45, 2.75) is 13.8 Å². The van der Waals surface area contributed by atoms with Gasteiger partial charge < -0.3 is 0 Å². The van der Waals surface area contributed by atoms with Crippen LogP contribution in [0.15, 0.2) is 47.2 Å². The molecule has 0 unspecified atom stereocenters. The first-order valence-electron chi connectivity index (χ1n) is 6.29. The Bertz CT molecular complexity index is 747. The molecule has 4 heteroatoms.